The van der Waals surface area contributed by atoms with E-state index >= 15 is 0 Å². The predicted octanol–water partition coefficient (Wildman–Crippen LogP) is 1.53. The zero-order valence-electron chi connectivity index (χ0n) is 9.50. The molecule has 1 amide bonds. The number of likely N-dealkylation sites (tertiary alicyclic amines) is 1. The third-order valence-corrected chi connectivity index (χ3v) is 3.61. The second-order valence-electron chi connectivity index (χ2n) is 4.80. The average molecular weight is 210 g/mol. The van der Waals surface area contributed by atoms with E-state index in [1.807, 2.05) is 4.90 Å². The van der Waals surface area contributed by atoms with Crippen LogP contribution in [0.15, 0.2) is 0 Å². The maximum absolute atomic E-state index is 11.8. The lowest BCUT2D eigenvalue weighted by Crippen LogP contribution is -2.41. The molecular weight excluding hydrogens is 188 g/mol. The molecule has 0 bridgehead atoms. The predicted molar refractivity (Wildman–Crippen MR) is 60.7 cm³/mol. The Balaban J connectivity index is 1.65. The highest BCUT2D eigenvalue weighted by molar-refractivity contribution is 5.78. The van der Waals surface area contributed by atoms with Crippen LogP contribution in [0.1, 0.15) is 44.9 Å². The second kappa shape index (κ2) is 5.50. The Morgan fingerprint density at radius 2 is 1.73 bits per heavy atom. The van der Waals surface area contributed by atoms with Crippen LogP contribution in [0.3, 0.4) is 0 Å². The standard InChI is InChI=1S/C12H22N2O/c15-12(14-8-4-5-9-14)10-13-11-6-2-1-3-7-11/h11,13H,1-10H2. The van der Waals surface area contributed by atoms with Gasteiger partial charge in [0, 0.05) is 19.1 Å². The fourth-order valence-electron chi connectivity index (χ4n) is 2.62. The Labute approximate surface area is 92.2 Å². The van der Waals surface area contributed by atoms with Crippen molar-refractivity contribution in [2.24, 2.45) is 0 Å². The Bertz CT molecular complexity index is 206. The Hall–Kier alpha value is -0.570. The summed E-state index contributed by atoms with van der Waals surface area (Å²) in [7, 11) is 0. The van der Waals surface area contributed by atoms with Crippen molar-refractivity contribution < 1.29 is 4.79 Å². The van der Waals surface area contributed by atoms with Crippen LogP contribution in [0, 0.1) is 0 Å². The summed E-state index contributed by atoms with van der Waals surface area (Å²) in [5.74, 6) is 0.304. The summed E-state index contributed by atoms with van der Waals surface area (Å²) in [6.07, 6.45) is 8.92. The molecule has 15 heavy (non-hydrogen) atoms. The van der Waals surface area contributed by atoms with Gasteiger partial charge in [-0.1, -0.05) is 19.3 Å². The molecule has 0 aromatic carbocycles. The minimum absolute atomic E-state index is 0.304. The van der Waals surface area contributed by atoms with Gasteiger partial charge in [-0.25, -0.2) is 0 Å². The van der Waals surface area contributed by atoms with Crippen molar-refractivity contribution in [3.8, 4) is 0 Å². The van der Waals surface area contributed by atoms with Gasteiger partial charge in [-0.05, 0) is 25.7 Å². The van der Waals surface area contributed by atoms with Gasteiger partial charge in [0.05, 0.1) is 6.54 Å². The van der Waals surface area contributed by atoms with E-state index in [2.05, 4.69) is 5.32 Å². The summed E-state index contributed by atoms with van der Waals surface area (Å²) in [6.45, 7) is 2.51. The summed E-state index contributed by atoms with van der Waals surface area (Å²) < 4.78 is 0. The van der Waals surface area contributed by atoms with E-state index < -0.39 is 0 Å². The number of hydrogen-bond donors (Lipinski definition) is 1. The zero-order valence-corrected chi connectivity index (χ0v) is 9.50. The maximum Gasteiger partial charge on any atom is 0.236 e. The number of carbonyl (C=O) groups excluding carboxylic acids is 1. The van der Waals surface area contributed by atoms with Crippen molar-refractivity contribution >= 4 is 5.91 Å². The van der Waals surface area contributed by atoms with Crippen molar-refractivity contribution in [1.82, 2.24) is 10.2 Å². The maximum atomic E-state index is 11.8. The van der Waals surface area contributed by atoms with Crippen LogP contribution in [0.5, 0.6) is 0 Å². The highest BCUT2D eigenvalue weighted by Gasteiger charge is 2.19. The van der Waals surface area contributed by atoms with Gasteiger partial charge >= 0.3 is 0 Å². The minimum Gasteiger partial charge on any atom is -0.342 e. The highest BCUT2D eigenvalue weighted by atomic mass is 16.2. The lowest BCUT2D eigenvalue weighted by Gasteiger charge is -2.24. The van der Waals surface area contributed by atoms with Crippen LogP contribution in [0.4, 0.5) is 0 Å². The van der Waals surface area contributed by atoms with E-state index in [0.717, 1.165) is 13.1 Å². The number of hydrogen-bond acceptors (Lipinski definition) is 2. The van der Waals surface area contributed by atoms with Crippen molar-refractivity contribution in [2.75, 3.05) is 19.6 Å². The van der Waals surface area contributed by atoms with Crippen molar-refractivity contribution in [3.63, 3.8) is 0 Å². The van der Waals surface area contributed by atoms with Gasteiger partial charge in [-0.2, -0.15) is 0 Å². The summed E-state index contributed by atoms with van der Waals surface area (Å²) in [5.41, 5.74) is 0. The molecule has 3 heteroatoms. The molecular formula is C12H22N2O. The molecule has 0 aromatic heterocycles. The van der Waals surface area contributed by atoms with Crippen molar-refractivity contribution in [2.45, 2.75) is 51.0 Å². The van der Waals surface area contributed by atoms with E-state index in [0.29, 0.717) is 18.5 Å². The van der Waals surface area contributed by atoms with Crippen molar-refractivity contribution in [1.29, 1.82) is 0 Å². The quantitative estimate of drug-likeness (QED) is 0.766. The van der Waals surface area contributed by atoms with E-state index in [-0.39, 0.29) is 0 Å². The molecule has 2 rings (SSSR count). The van der Waals surface area contributed by atoms with Crippen molar-refractivity contribution in [3.05, 3.63) is 0 Å². The van der Waals surface area contributed by atoms with E-state index in [1.54, 1.807) is 0 Å². The molecule has 0 radical (unpaired) electrons. The number of amides is 1. The van der Waals surface area contributed by atoms with E-state index in [9.17, 15) is 4.79 Å². The van der Waals surface area contributed by atoms with Crippen LogP contribution >= 0.6 is 0 Å². The van der Waals surface area contributed by atoms with Crippen LogP contribution in [0.2, 0.25) is 0 Å². The first-order valence-electron chi connectivity index (χ1n) is 6.37. The number of carbonyl (C=O) groups is 1. The number of nitrogens with one attached hydrogen (secondary N) is 1. The summed E-state index contributed by atoms with van der Waals surface area (Å²) in [4.78, 5) is 13.7. The van der Waals surface area contributed by atoms with E-state index in [1.165, 1.54) is 44.9 Å². The normalized spacial score (nSPS) is 23.3. The van der Waals surface area contributed by atoms with Gasteiger partial charge in [0.25, 0.3) is 0 Å². The molecule has 1 aliphatic carbocycles. The molecule has 0 spiro atoms. The summed E-state index contributed by atoms with van der Waals surface area (Å²) in [5, 5.41) is 3.41. The fraction of sp³-hybridized carbons (Fsp3) is 0.917. The van der Waals surface area contributed by atoms with Crippen LogP contribution in [-0.4, -0.2) is 36.5 Å². The lowest BCUT2D eigenvalue weighted by atomic mass is 9.95. The fourth-order valence-corrected chi connectivity index (χ4v) is 2.62. The Morgan fingerprint density at radius 3 is 2.40 bits per heavy atom. The van der Waals surface area contributed by atoms with Gasteiger partial charge in [0.15, 0.2) is 0 Å². The molecule has 2 aliphatic rings. The largest absolute Gasteiger partial charge is 0.342 e. The van der Waals surface area contributed by atoms with Gasteiger partial charge in [0.1, 0.15) is 0 Å². The molecule has 0 unspecified atom stereocenters. The first-order chi connectivity index (χ1) is 7.36. The molecule has 3 nitrogen and oxygen atoms in total. The first kappa shape index (κ1) is 10.9. The Morgan fingerprint density at radius 1 is 1.07 bits per heavy atom. The van der Waals surface area contributed by atoms with Crippen LogP contribution in [0.25, 0.3) is 0 Å². The van der Waals surface area contributed by atoms with Gasteiger partial charge in [0.2, 0.25) is 5.91 Å². The molecule has 1 aliphatic heterocycles. The minimum atomic E-state index is 0.304. The molecule has 0 aromatic rings. The number of nitrogens with zero attached hydrogens (tertiary/aromatic N) is 1. The number of rotatable bonds is 3. The topological polar surface area (TPSA) is 32.3 Å². The first-order valence-corrected chi connectivity index (χ1v) is 6.37. The smallest absolute Gasteiger partial charge is 0.236 e. The van der Waals surface area contributed by atoms with Gasteiger partial charge < -0.3 is 10.2 Å². The van der Waals surface area contributed by atoms with Gasteiger partial charge in [-0.3, -0.25) is 4.79 Å². The zero-order chi connectivity index (χ0) is 10.5. The molecule has 1 saturated heterocycles. The van der Waals surface area contributed by atoms with Crippen LogP contribution in [-0.2, 0) is 4.79 Å². The second-order valence-corrected chi connectivity index (χ2v) is 4.80. The van der Waals surface area contributed by atoms with E-state index in [4.69, 9.17) is 0 Å². The Kier molecular flexibility index (Phi) is 4.01. The summed E-state index contributed by atoms with van der Waals surface area (Å²) >= 11 is 0. The molecule has 86 valence electrons. The highest BCUT2D eigenvalue weighted by Crippen LogP contribution is 2.17. The molecule has 1 saturated carbocycles. The average Bonchev–Trinajstić information content (AvgIpc) is 2.81. The molecule has 1 N–H and O–H groups in total. The molecule has 1 heterocycles. The third-order valence-electron chi connectivity index (χ3n) is 3.61. The monoisotopic (exact) mass is 210 g/mol. The third kappa shape index (κ3) is 3.20. The summed E-state index contributed by atoms with van der Waals surface area (Å²) in [6, 6.07) is 0.602. The molecule has 0 atom stereocenters. The lowest BCUT2D eigenvalue weighted by molar-refractivity contribution is -0.129. The van der Waals surface area contributed by atoms with Crippen LogP contribution < -0.4 is 5.32 Å². The van der Waals surface area contributed by atoms with Gasteiger partial charge in [-0.15, -0.1) is 0 Å². The molecule has 2 fully saturated rings. The SMILES string of the molecule is O=C(CNC1CCCCC1)N1CCCC1.